The van der Waals surface area contributed by atoms with E-state index in [1.54, 1.807) is 0 Å². The summed E-state index contributed by atoms with van der Waals surface area (Å²) in [6.45, 7) is 1.71. The first-order chi connectivity index (χ1) is 11.1. The molecule has 2 rings (SSSR count). The third-order valence-corrected chi connectivity index (χ3v) is 3.84. The fourth-order valence-electron chi connectivity index (χ4n) is 2.40. The van der Waals surface area contributed by atoms with Gasteiger partial charge in [-0.15, -0.1) is 0 Å². The van der Waals surface area contributed by atoms with E-state index >= 15 is 0 Å². The van der Waals surface area contributed by atoms with Crippen LogP contribution in [0.3, 0.4) is 0 Å². The summed E-state index contributed by atoms with van der Waals surface area (Å²) in [6.07, 6.45) is 0.515. The Kier molecular flexibility index (Phi) is 6.69. The van der Waals surface area contributed by atoms with Crippen molar-refractivity contribution in [1.82, 2.24) is 10.9 Å². The fraction of sp³-hybridized carbons (Fsp3) is 0.846. The molecule has 0 unspecified atom stereocenters. The number of carbonyl (C=O) groups excluding carboxylic acids is 2. The van der Waals surface area contributed by atoms with Gasteiger partial charge in [0.1, 0.15) is 0 Å². The highest BCUT2D eigenvalue weighted by molar-refractivity contribution is 5.75. The van der Waals surface area contributed by atoms with Gasteiger partial charge in [0, 0.05) is 25.7 Å². The molecule has 0 radical (unpaired) electrons. The lowest BCUT2D eigenvalue weighted by atomic mass is 9.90. The standard InChI is InChI=1S/C13H24N4O6/c14-16-9(18)1-3-11-20-5-13(6-21-11)7-22-12(23-8-13)4-2-10(19)17-15/h11-12H,1-8,14-15H2,(H,16,18)(H,17,19). The third kappa shape index (κ3) is 5.37. The average molecular weight is 332 g/mol. The molecule has 1 spiro atoms. The highest BCUT2D eigenvalue weighted by Gasteiger charge is 2.41. The number of carbonyl (C=O) groups is 2. The average Bonchev–Trinajstić information content (AvgIpc) is 2.60. The second-order valence-electron chi connectivity index (χ2n) is 5.82. The van der Waals surface area contributed by atoms with Crippen LogP contribution >= 0.6 is 0 Å². The summed E-state index contributed by atoms with van der Waals surface area (Å²) in [6, 6.07) is 0. The number of nitrogens with two attached hydrogens (primary N) is 2. The Morgan fingerprint density at radius 2 is 1.17 bits per heavy atom. The first-order valence-electron chi connectivity index (χ1n) is 7.52. The second kappa shape index (κ2) is 8.52. The second-order valence-corrected chi connectivity index (χ2v) is 5.82. The molecule has 0 saturated carbocycles. The zero-order valence-corrected chi connectivity index (χ0v) is 12.9. The van der Waals surface area contributed by atoms with Gasteiger partial charge in [0.05, 0.1) is 31.8 Å². The molecule has 0 bridgehead atoms. The van der Waals surface area contributed by atoms with E-state index in [9.17, 15) is 9.59 Å². The summed E-state index contributed by atoms with van der Waals surface area (Å²) in [7, 11) is 0. The maximum atomic E-state index is 11.1. The summed E-state index contributed by atoms with van der Waals surface area (Å²) >= 11 is 0. The molecule has 6 N–H and O–H groups in total. The number of rotatable bonds is 6. The van der Waals surface area contributed by atoms with Crippen LogP contribution in [0.5, 0.6) is 0 Å². The molecule has 10 nitrogen and oxygen atoms in total. The topological polar surface area (TPSA) is 147 Å². The molecule has 23 heavy (non-hydrogen) atoms. The van der Waals surface area contributed by atoms with E-state index in [0.717, 1.165) is 0 Å². The number of hydrogen-bond donors (Lipinski definition) is 4. The fourth-order valence-corrected chi connectivity index (χ4v) is 2.40. The molecule has 0 atom stereocenters. The van der Waals surface area contributed by atoms with E-state index in [4.69, 9.17) is 30.6 Å². The van der Waals surface area contributed by atoms with Gasteiger partial charge in [-0.1, -0.05) is 0 Å². The van der Waals surface area contributed by atoms with E-state index in [0.29, 0.717) is 39.3 Å². The minimum absolute atomic E-state index is 0.243. The van der Waals surface area contributed by atoms with Crippen LogP contribution in [-0.4, -0.2) is 50.8 Å². The Morgan fingerprint density at radius 3 is 1.48 bits per heavy atom. The lowest BCUT2D eigenvalue weighted by molar-refractivity contribution is -0.303. The van der Waals surface area contributed by atoms with Gasteiger partial charge in [-0.3, -0.25) is 20.4 Å². The first kappa shape index (κ1) is 18.0. The van der Waals surface area contributed by atoms with Crippen molar-refractivity contribution >= 4 is 11.8 Å². The number of nitrogens with one attached hydrogen (secondary N) is 2. The maximum Gasteiger partial charge on any atom is 0.234 e. The summed E-state index contributed by atoms with van der Waals surface area (Å²) in [5, 5.41) is 0. The van der Waals surface area contributed by atoms with Crippen LogP contribution in [0.2, 0.25) is 0 Å². The van der Waals surface area contributed by atoms with Gasteiger partial charge in [-0.25, -0.2) is 11.7 Å². The van der Waals surface area contributed by atoms with Gasteiger partial charge >= 0.3 is 0 Å². The Bertz CT molecular complexity index is 364. The summed E-state index contributed by atoms with van der Waals surface area (Å²) in [5.41, 5.74) is 3.78. The van der Waals surface area contributed by atoms with Crippen molar-refractivity contribution in [1.29, 1.82) is 0 Å². The van der Waals surface area contributed by atoms with Crippen molar-refractivity contribution < 1.29 is 28.5 Å². The van der Waals surface area contributed by atoms with Crippen LogP contribution in [0.4, 0.5) is 0 Å². The molecule has 2 fully saturated rings. The van der Waals surface area contributed by atoms with Gasteiger partial charge in [0.15, 0.2) is 12.6 Å². The van der Waals surface area contributed by atoms with Crippen LogP contribution in [0.1, 0.15) is 25.7 Å². The summed E-state index contributed by atoms with van der Waals surface area (Å²) in [4.78, 5) is 22.2. The van der Waals surface area contributed by atoms with Gasteiger partial charge in [-0.2, -0.15) is 0 Å². The van der Waals surface area contributed by atoms with E-state index in [1.165, 1.54) is 0 Å². The quantitative estimate of drug-likeness (QED) is 0.254. The predicted molar refractivity (Wildman–Crippen MR) is 76.9 cm³/mol. The molecule has 2 aliphatic rings. The lowest BCUT2D eigenvalue weighted by Gasteiger charge is -2.43. The highest BCUT2D eigenvalue weighted by atomic mass is 16.7. The molecule has 0 aromatic carbocycles. The molecule has 2 heterocycles. The summed E-state index contributed by atoms with van der Waals surface area (Å²) < 4.78 is 22.5. The maximum absolute atomic E-state index is 11.1. The smallest absolute Gasteiger partial charge is 0.234 e. The van der Waals surface area contributed by atoms with Crippen LogP contribution in [0.15, 0.2) is 0 Å². The number of amides is 2. The number of ether oxygens (including phenoxy) is 4. The van der Waals surface area contributed by atoms with Gasteiger partial charge in [0.25, 0.3) is 0 Å². The van der Waals surface area contributed by atoms with Gasteiger partial charge in [0.2, 0.25) is 11.8 Å². The van der Waals surface area contributed by atoms with Crippen LogP contribution in [0.25, 0.3) is 0 Å². The molecule has 0 aliphatic carbocycles. The Hall–Kier alpha value is -1.30. The number of hydrogen-bond acceptors (Lipinski definition) is 8. The highest BCUT2D eigenvalue weighted by Crippen LogP contribution is 2.31. The monoisotopic (exact) mass is 332 g/mol. The van der Waals surface area contributed by atoms with Gasteiger partial charge < -0.3 is 18.9 Å². The molecular formula is C13H24N4O6. The normalized spacial score (nSPS) is 30.9. The van der Waals surface area contributed by atoms with Crippen LogP contribution in [0, 0.1) is 5.41 Å². The van der Waals surface area contributed by atoms with Gasteiger partial charge in [-0.05, 0) is 0 Å². The van der Waals surface area contributed by atoms with Crippen LogP contribution < -0.4 is 22.5 Å². The molecule has 132 valence electrons. The largest absolute Gasteiger partial charge is 0.352 e. The molecule has 2 saturated heterocycles. The molecule has 2 aliphatic heterocycles. The van der Waals surface area contributed by atoms with E-state index in [1.807, 2.05) is 0 Å². The molecule has 10 heteroatoms. The summed E-state index contributed by atoms with van der Waals surface area (Å²) in [5.74, 6) is 9.52. The van der Waals surface area contributed by atoms with Crippen molar-refractivity contribution in [2.75, 3.05) is 26.4 Å². The lowest BCUT2D eigenvalue weighted by Crippen LogP contribution is -2.52. The minimum atomic E-state index is -0.427. The van der Waals surface area contributed by atoms with Crippen molar-refractivity contribution in [2.45, 2.75) is 38.3 Å². The van der Waals surface area contributed by atoms with E-state index in [-0.39, 0.29) is 30.1 Å². The molecule has 0 aromatic rings. The van der Waals surface area contributed by atoms with E-state index < -0.39 is 12.6 Å². The predicted octanol–water partition coefficient (Wildman–Crippen LogP) is -1.74. The molecule has 0 aromatic heterocycles. The zero-order valence-electron chi connectivity index (χ0n) is 12.9. The Labute approximate surface area is 134 Å². The molecule has 2 amide bonds. The Morgan fingerprint density at radius 1 is 0.826 bits per heavy atom. The third-order valence-electron chi connectivity index (χ3n) is 3.84. The van der Waals surface area contributed by atoms with Crippen molar-refractivity contribution in [3.05, 3.63) is 0 Å². The zero-order chi connectivity index (χ0) is 16.7. The molecular weight excluding hydrogens is 308 g/mol. The van der Waals surface area contributed by atoms with E-state index in [2.05, 4.69) is 10.9 Å². The van der Waals surface area contributed by atoms with Crippen LogP contribution in [-0.2, 0) is 28.5 Å². The Balaban J connectivity index is 1.67. The minimum Gasteiger partial charge on any atom is -0.352 e. The first-order valence-corrected chi connectivity index (χ1v) is 7.52. The van der Waals surface area contributed by atoms with Crippen molar-refractivity contribution in [3.63, 3.8) is 0 Å². The van der Waals surface area contributed by atoms with Crippen molar-refractivity contribution in [2.24, 2.45) is 17.1 Å². The SMILES string of the molecule is NNC(=O)CCC1OCC2(CO1)COC(CCC(=O)NN)OC2. The number of hydrazine groups is 2. The van der Waals surface area contributed by atoms with Crippen molar-refractivity contribution in [3.8, 4) is 0 Å².